The predicted octanol–water partition coefficient (Wildman–Crippen LogP) is 2.03. The van der Waals surface area contributed by atoms with Crippen molar-refractivity contribution < 1.29 is 9.84 Å². The molecule has 1 aromatic rings. The lowest BCUT2D eigenvalue weighted by Crippen LogP contribution is -2.38. The van der Waals surface area contributed by atoms with Crippen LogP contribution < -0.4 is 0 Å². The van der Waals surface area contributed by atoms with Crippen molar-refractivity contribution in [1.29, 1.82) is 0 Å². The van der Waals surface area contributed by atoms with Crippen LogP contribution in [0.5, 0.6) is 0 Å². The molecule has 0 bridgehead atoms. The first kappa shape index (κ1) is 15.1. The summed E-state index contributed by atoms with van der Waals surface area (Å²) in [5, 5.41) is 8.74. The lowest BCUT2D eigenvalue weighted by atomic mass is 10.1. The second kappa shape index (κ2) is 8.06. The number of benzene rings is 1. The van der Waals surface area contributed by atoms with Crippen molar-refractivity contribution in [2.75, 3.05) is 26.8 Å². The molecule has 20 heavy (non-hydrogen) atoms. The molecule has 1 saturated heterocycles. The monoisotopic (exact) mass is 273 g/mol. The first-order valence-corrected chi connectivity index (χ1v) is 7.25. The zero-order valence-corrected chi connectivity index (χ0v) is 12.1. The molecule has 1 fully saturated rings. The molecule has 1 aliphatic heterocycles. The van der Waals surface area contributed by atoms with Crippen LogP contribution in [0.1, 0.15) is 30.4 Å². The van der Waals surface area contributed by atoms with Gasteiger partial charge in [-0.3, -0.25) is 4.90 Å². The van der Waals surface area contributed by atoms with Crippen molar-refractivity contribution in [3.05, 3.63) is 35.4 Å². The molecule has 0 aliphatic carbocycles. The molecule has 3 heteroatoms. The third-order valence-corrected chi connectivity index (χ3v) is 3.60. The molecule has 0 radical (unpaired) electrons. The summed E-state index contributed by atoms with van der Waals surface area (Å²) in [6, 6.07) is 8.35. The van der Waals surface area contributed by atoms with Crippen LogP contribution >= 0.6 is 0 Å². The van der Waals surface area contributed by atoms with Crippen LogP contribution in [0, 0.1) is 11.8 Å². The summed E-state index contributed by atoms with van der Waals surface area (Å²) in [7, 11) is 1.80. The quantitative estimate of drug-likeness (QED) is 0.852. The number of hydrogen-bond donors (Lipinski definition) is 1. The normalized spacial score (nSPS) is 19.4. The second-order valence-electron chi connectivity index (χ2n) is 5.21. The molecule has 0 spiro atoms. The van der Waals surface area contributed by atoms with Crippen LogP contribution in [0.25, 0.3) is 0 Å². The van der Waals surface area contributed by atoms with Gasteiger partial charge < -0.3 is 9.84 Å². The molecular weight excluding hydrogens is 250 g/mol. The Hall–Kier alpha value is -1.34. The number of rotatable bonds is 4. The summed E-state index contributed by atoms with van der Waals surface area (Å²) in [6.45, 7) is 3.23. The lowest BCUT2D eigenvalue weighted by Gasteiger charge is -2.31. The maximum atomic E-state index is 8.74. The number of likely N-dealkylation sites (tertiary alicyclic amines) is 1. The molecule has 1 heterocycles. The minimum atomic E-state index is 0.124. The van der Waals surface area contributed by atoms with E-state index >= 15 is 0 Å². The van der Waals surface area contributed by atoms with Crippen molar-refractivity contribution in [2.45, 2.75) is 31.9 Å². The highest BCUT2D eigenvalue weighted by Crippen LogP contribution is 2.16. The average molecular weight is 273 g/mol. The van der Waals surface area contributed by atoms with E-state index in [2.05, 4.69) is 34.9 Å². The molecule has 108 valence electrons. The summed E-state index contributed by atoms with van der Waals surface area (Å²) >= 11 is 0. The van der Waals surface area contributed by atoms with E-state index in [9.17, 15) is 0 Å². The maximum Gasteiger partial charge on any atom is 0.0698 e. The van der Waals surface area contributed by atoms with Crippen molar-refractivity contribution in [1.82, 2.24) is 4.90 Å². The van der Waals surface area contributed by atoms with Gasteiger partial charge in [0.25, 0.3) is 0 Å². The molecule has 1 atom stereocenters. The minimum absolute atomic E-state index is 0.124. The van der Waals surface area contributed by atoms with E-state index in [-0.39, 0.29) is 6.61 Å². The maximum absolute atomic E-state index is 8.74. The summed E-state index contributed by atoms with van der Waals surface area (Å²) < 4.78 is 5.46. The fourth-order valence-corrected chi connectivity index (χ4v) is 2.58. The minimum Gasteiger partial charge on any atom is -0.395 e. The number of ether oxygens (including phenoxy) is 1. The largest absolute Gasteiger partial charge is 0.395 e. The van der Waals surface area contributed by atoms with Gasteiger partial charge in [-0.05, 0) is 37.1 Å². The van der Waals surface area contributed by atoms with Crippen molar-refractivity contribution in [3.63, 3.8) is 0 Å². The topological polar surface area (TPSA) is 32.7 Å². The van der Waals surface area contributed by atoms with E-state index in [1.165, 1.54) is 18.4 Å². The Labute approximate surface area is 121 Å². The van der Waals surface area contributed by atoms with E-state index in [1.54, 1.807) is 7.11 Å². The number of aliphatic hydroxyl groups excluding tert-OH is 1. The summed E-state index contributed by atoms with van der Waals surface area (Å²) in [5.41, 5.74) is 2.31. The Bertz CT molecular complexity index is 475. The van der Waals surface area contributed by atoms with Gasteiger partial charge >= 0.3 is 0 Å². The molecule has 3 nitrogen and oxygen atoms in total. The van der Waals surface area contributed by atoms with E-state index < -0.39 is 0 Å². The van der Waals surface area contributed by atoms with E-state index in [0.717, 1.165) is 25.2 Å². The molecule has 1 unspecified atom stereocenters. The van der Waals surface area contributed by atoms with Crippen molar-refractivity contribution >= 4 is 0 Å². The van der Waals surface area contributed by atoms with Gasteiger partial charge in [0.2, 0.25) is 0 Å². The van der Waals surface area contributed by atoms with Gasteiger partial charge in [0.1, 0.15) is 0 Å². The third kappa shape index (κ3) is 4.64. The molecule has 1 aliphatic rings. The third-order valence-electron chi connectivity index (χ3n) is 3.60. The van der Waals surface area contributed by atoms with Crippen LogP contribution in [0.4, 0.5) is 0 Å². The second-order valence-corrected chi connectivity index (χ2v) is 5.21. The van der Waals surface area contributed by atoms with E-state index in [4.69, 9.17) is 9.84 Å². The predicted molar refractivity (Wildman–Crippen MR) is 80.3 cm³/mol. The standard InChI is InChI=1S/C17H23NO2/c1-20-17-9-5-10-18(14-17)13-16-8-4-7-15(12-16)6-2-3-11-19/h4,7-8,12,17,19H,3,5,9-11,13-14H2,1H3. The van der Waals surface area contributed by atoms with Gasteiger partial charge in [0.05, 0.1) is 12.7 Å². The van der Waals surface area contributed by atoms with Gasteiger partial charge in [0.15, 0.2) is 0 Å². The zero-order chi connectivity index (χ0) is 14.2. The highest BCUT2D eigenvalue weighted by Gasteiger charge is 2.19. The van der Waals surface area contributed by atoms with E-state index in [0.29, 0.717) is 12.5 Å². The molecule has 1 N–H and O–H groups in total. The van der Waals surface area contributed by atoms with Crippen LogP contribution in [-0.2, 0) is 11.3 Å². The van der Waals surface area contributed by atoms with Gasteiger partial charge in [0, 0.05) is 32.2 Å². The smallest absolute Gasteiger partial charge is 0.0698 e. The summed E-state index contributed by atoms with van der Waals surface area (Å²) in [4.78, 5) is 2.44. The first-order chi connectivity index (χ1) is 9.81. The highest BCUT2D eigenvalue weighted by atomic mass is 16.5. The molecular formula is C17H23NO2. The fraction of sp³-hybridized carbons (Fsp3) is 0.529. The number of nitrogens with zero attached hydrogens (tertiary/aromatic N) is 1. The Morgan fingerprint density at radius 1 is 1.45 bits per heavy atom. The van der Waals surface area contributed by atoms with Gasteiger partial charge in [-0.2, -0.15) is 0 Å². The zero-order valence-electron chi connectivity index (χ0n) is 12.1. The summed E-state index contributed by atoms with van der Waals surface area (Å²) in [5.74, 6) is 6.05. The van der Waals surface area contributed by atoms with Crippen LogP contribution in [0.3, 0.4) is 0 Å². The first-order valence-electron chi connectivity index (χ1n) is 7.25. The molecule has 0 amide bonds. The molecule has 0 aromatic heterocycles. The van der Waals surface area contributed by atoms with Crippen molar-refractivity contribution in [2.24, 2.45) is 0 Å². The summed E-state index contributed by atoms with van der Waals surface area (Å²) in [6.07, 6.45) is 3.27. The number of piperidine rings is 1. The van der Waals surface area contributed by atoms with Crippen LogP contribution in [0.15, 0.2) is 24.3 Å². The van der Waals surface area contributed by atoms with Crippen LogP contribution in [0.2, 0.25) is 0 Å². The Balaban J connectivity index is 1.96. The number of hydrogen-bond acceptors (Lipinski definition) is 3. The Kier molecular flexibility index (Phi) is 6.07. The molecule has 2 rings (SSSR count). The lowest BCUT2D eigenvalue weighted by molar-refractivity contribution is 0.0285. The number of methoxy groups -OCH3 is 1. The molecule has 0 saturated carbocycles. The number of aliphatic hydroxyl groups is 1. The average Bonchev–Trinajstić information content (AvgIpc) is 2.48. The highest BCUT2D eigenvalue weighted by molar-refractivity contribution is 5.37. The van der Waals surface area contributed by atoms with Crippen molar-refractivity contribution in [3.8, 4) is 11.8 Å². The fourth-order valence-electron chi connectivity index (χ4n) is 2.58. The molecule has 1 aromatic carbocycles. The Morgan fingerprint density at radius 3 is 3.15 bits per heavy atom. The van der Waals surface area contributed by atoms with Crippen LogP contribution in [-0.4, -0.2) is 42.9 Å². The van der Waals surface area contributed by atoms with Gasteiger partial charge in [-0.15, -0.1) is 0 Å². The van der Waals surface area contributed by atoms with E-state index in [1.807, 2.05) is 6.07 Å². The van der Waals surface area contributed by atoms with Gasteiger partial charge in [-0.1, -0.05) is 24.0 Å². The Morgan fingerprint density at radius 2 is 2.35 bits per heavy atom. The SMILES string of the molecule is COC1CCCN(Cc2cccc(C#CCCO)c2)C1. The van der Waals surface area contributed by atoms with Gasteiger partial charge in [-0.25, -0.2) is 0 Å².